The number of fused-ring (bicyclic) bond motifs is 1. The van der Waals surface area contributed by atoms with E-state index in [0.717, 1.165) is 0 Å². The second-order valence-corrected chi connectivity index (χ2v) is 8.63. The van der Waals surface area contributed by atoms with Gasteiger partial charge in [0.2, 0.25) is 11.6 Å². The molecule has 4 nitrogen and oxygen atoms in total. The number of benzene rings is 3. The lowest BCUT2D eigenvalue weighted by Crippen LogP contribution is -2.17. The summed E-state index contributed by atoms with van der Waals surface area (Å²) >= 11 is 33.7. The molecule has 3 aromatic carbocycles. The number of carbonyl (C=O) groups excluding carboxylic acids is 2. The SMILES string of the molecule is N#Cc1c(Cl)cccc1Cl.N#Cc1c(Cl)cccc1Cl.O=C1C(Cl)=C(Cl)C(=O)c2ccccc21. The molecule has 170 valence electrons. The average Bonchev–Trinajstić information content (AvgIpc) is 2.82. The van der Waals surface area contributed by atoms with Crippen molar-refractivity contribution in [1.82, 2.24) is 0 Å². The van der Waals surface area contributed by atoms with E-state index in [9.17, 15) is 9.59 Å². The monoisotopic (exact) mass is 568 g/mol. The molecule has 0 unspecified atom stereocenters. The van der Waals surface area contributed by atoms with Gasteiger partial charge in [-0.05, 0) is 24.3 Å². The van der Waals surface area contributed by atoms with E-state index in [1.165, 1.54) is 0 Å². The van der Waals surface area contributed by atoms with E-state index in [0.29, 0.717) is 42.3 Å². The van der Waals surface area contributed by atoms with E-state index < -0.39 is 11.6 Å². The predicted octanol–water partition coefficient (Wildman–Crippen LogP) is 8.48. The molecule has 0 heterocycles. The highest BCUT2D eigenvalue weighted by molar-refractivity contribution is 6.59. The Balaban J connectivity index is 0.000000185. The van der Waals surface area contributed by atoms with Gasteiger partial charge in [-0.1, -0.05) is 106 Å². The molecule has 0 aliphatic heterocycles. The zero-order valence-corrected chi connectivity index (χ0v) is 21.3. The number of rotatable bonds is 0. The zero-order valence-electron chi connectivity index (χ0n) is 16.8. The molecule has 1 aliphatic carbocycles. The third-order valence-corrected chi connectivity index (χ3v) is 6.23. The van der Waals surface area contributed by atoms with Gasteiger partial charge in [0, 0.05) is 11.1 Å². The molecule has 0 fully saturated rings. The van der Waals surface area contributed by atoms with Gasteiger partial charge in [0.25, 0.3) is 0 Å². The van der Waals surface area contributed by atoms with Crippen LogP contribution in [-0.2, 0) is 0 Å². The fourth-order valence-electron chi connectivity index (χ4n) is 2.52. The predicted molar refractivity (Wildman–Crippen MR) is 136 cm³/mol. The summed E-state index contributed by atoms with van der Waals surface area (Å²) in [5.41, 5.74) is 1.30. The van der Waals surface area contributed by atoms with Crippen LogP contribution in [0.1, 0.15) is 31.8 Å². The number of carbonyl (C=O) groups is 2. The maximum atomic E-state index is 11.5. The Morgan fingerprint density at radius 2 is 0.794 bits per heavy atom. The van der Waals surface area contributed by atoms with Crippen LogP contribution in [0, 0.1) is 22.7 Å². The fourth-order valence-corrected chi connectivity index (χ4v) is 3.86. The van der Waals surface area contributed by atoms with Gasteiger partial charge in [0.1, 0.15) is 22.2 Å². The minimum atomic E-state index is -0.396. The number of ketones is 2. The minimum absolute atomic E-state index is 0.199. The highest BCUT2D eigenvalue weighted by atomic mass is 35.5. The smallest absolute Gasteiger partial charge is 0.206 e. The van der Waals surface area contributed by atoms with Crippen molar-refractivity contribution >= 4 is 81.2 Å². The van der Waals surface area contributed by atoms with Gasteiger partial charge >= 0.3 is 0 Å². The highest BCUT2D eigenvalue weighted by Crippen LogP contribution is 2.30. The zero-order chi connectivity index (χ0) is 25.4. The minimum Gasteiger partial charge on any atom is -0.288 e. The summed E-state index contributed by atoms with van der Waals surface area (Å²) in [5, 5.41) is 18.2. The summed E-state index contributed by atoms with van der Waals surface area (Å²) in [6, 6.07) is 20.2. The van der Waals surface area contributed by atoms with E-state index in [4.69, 9.17) is 80.1 Å². The standard InChI is InChI=1S/C10H4Cl2O2.2C7H3Cl2N/c11-7-8(12)10(14)6-4-2-1-3-5(6)9(7)13;2*8-6-2-1-3-7(9)5(6)4-10/h1-4H;2*1-3H. The Morgan fingerprint density at radius 1 is 0.500 bits per heavy atom. The van der Waals surface area contributed by atoms with Crippen LogP contribution < -0.4 is 0 Å². The molecule has 0 radical (unpaired) electrons. The third kappa shape index (κ3) is 6.53. The molecule has 34 heavy (non-hydrogen) atoms. The van der Waals surface area contributed by atoms with E-state index in [2.05, 4.69) is 0 Å². The van der Waals surface area contributed by atoms with E-state index in [1.807, 2.05) is 12.1 Å². The largest absolute Gasteiger partial charge is 0.288 e. The molecule has 0 saturated carbocycles. The summed E-state index contributed by atoms with van der Waals surface area (Å²) in [4.78, 5) is 23.1. The molecule has 0 spiro atoms. The maximum absolute atomic E-state index is 11.5. The molecule has 0 bridgehead atoms. The first-order valence-electron chi connectivity index (χ1n) is 9.05. The lowest BCUT2D eigenvalue weighted by atomic mass is 9.95. The second-order valence-electron chi connectivity index (χ2n) is 6.25. The molecule has 1 aliphatic rings. The summed E-state index contributed by atoms with van der Waals surface area (Å²) < 4.78 is 0. The van der Waals surface area contributed by atoms with Gasteiger partial charge in [0.15, 0.2) is 0 Å². The summed E-state index contributed by atoms with van der Waals surface area (Å²) in [6.07, 6.45) is 0. The van der Waals surface area contributed by atoms with Crippen molar-refractivity contribution in [3.05, 3.63) is 113 Å². The van der Waals surface area contributed by atoms with Crippen molar-refractivity contribution in [3.8, 4) is 12.1 Å². The molecular formula is C24H10Cl6N2O2. The molecule has 0 saturated heterocycles. The number of hydrogen-bond acceptors (Lipinski definition) is 4. The first-order valence-corrected chi connectivity index (χ1v) is 11.3. The fraction of sp³-hybridized carbons (Fsp3) is 0. The van der Waals surface area contributed by atoms with Crippen molar-refractivity contribution in [2.45, 2.75) is 0 Å². The number of hydrogen-bond donors (Lipinski definition) is 0. The van der Waals surface area contributed by atoms with Crippen LogP contribution in [0.2, 0.25) is 20.1 Å². The van der Waals surface area contributed by atoms with Crippen LogP contribution in [-0.4, -0.2) is 11.6 Å². The molecule has 4 rings (SSSR count). The summed E-state index contributed by atoms with van der Waals surface area (Å²) in [7, 11) is 0. The molecule has 0 amide bonds. The third-order valence-electron chi connectivity index (χ3n) is 4.16. The van der Waals surface area contributed by atoms with E-state index >= 15 is 0 Å². The number of nitrogens with zero attached hydrogens (tertiary/aromatic N) is 2. The van der Waals surface area contributed by atoms with Crippen molar-refractivity contribution in [2.24, 2.45) is 0 Å². The number of halogens is 6. The van der Waals surface area contributed by atoms with Gasteiger partial charge < -0.3 is 0 Å². The van der Waals surface area contributed by atoms with Crippen molar-refractivity contribution in [3.63, 3.8) is 0 Å². The number of allylic oxidation sites excluding steroid dienone is 2. The lowest BCUT2D eigenvalue weighted by Gasteiger charge is -2.12. The van der Waals surface area contributed by atoms with Crippen molar-refractivity contribution in [2.75, 3.05) is 0 Å². The first kappa shape index (κ1) is 27.7. The Kier molecular flexibility index (Phi) is 10.4. The van der Waals surface area contributed by atoms with E-state index in [1.54, 1.807) is 60.7 Å². The van der Waals surface area contributed by atoms with Crippen molar-refractivity contribution in [1.29, 1.82) is 10.5 Å². The topological polar surface area (TPSA) is 81.7 Å². The normalized spacial score (nSPS) is 11.8. The summed E-state index contributed by atoms with van der Waals surface area (Å²) in [5.74, 6) is -0.793. The Bertz CT molecular complexity index is 1240. The molecule has 0 atom stereocenters. The summed E-state index contributed by atoms with van der Waals surface area (Å²) in [6.45, 7) is 0. The Hall–Kier alpha value is -2.54. The number of nitriles is 2. The van der Waals surface area contributed by atoms with Crippen LogP contribution in [0.25, 0.3) is 0 Å². The molecule has 3 aromatic rings. The second kappa shape index (κ2) is 12.8. The van der Waals surface area contributed by atoms with Crippen LogP contribution in [0.3, 0.4) is 0 Å². The van der Waals surface area contributed by atoms with Crippen LogP contribution in [0.15, 0.2) is 70.7 Å². The molecular weight excluding hydrogens is 561 g/mol. The Labute approximate surface area is 225 Å². The van der Waals surface area contributed by atoms with Gasteiger partial charge in [-0.3, -0.25) is 9.59 Å². The Morgan fingerprint density at radius 3 is 1.03 bits per heavy atom. The quantitative estimate of drug-likeness (QED) is 0.271. The van der Waals surface area contributed by atoms with Gasteiger partial charge in [-0.2, -0.15) is 10.5 Å². The maximum Gasteiger partial charge on any atom is 0.206 e. The first-order chi connectivity index (χ1) is 16.1. The van der Waals surface area contributed by atoms with Gasteiger partial charge in [-0.25, -0.2) is 0 Å². The van der Waals surface area contributed by atoms with Crippen LogP contribution >= 0.6 is 69.6 Å². The molecule has 10 heteroatoms. The highest BCUT2D eigenvalue weighted by Gasteiger charge is 2.29. The van der Waals surface area contributed by atoms with Crippen LogP contribution in [0.5, 0.6) is 0 Å². The van der Waals surface area contributed by atoms with E-state index in [-0.39, 0.29) is 10.1 Å². The van der Waals surface area contributed by atoms with Crippen LogP contribution in [0.4, 0.5) is 0 Å². The molecule has 0 N–H and O–H groups in total. The number of Topliss-reactive ketones (excluding diaryl/α,β-unsaturated/α-hetero) is 2. The van der Waals surface area contributed by atoms with Gasteiger partial charge in [0.05, 0.1) is 31.2 Å². The van der Waals surface area contributed by atoms with Gasteiger partial charge in [-0.15, -0.1) is 0 Å². The molecule has 0 aromatic heterocycles. The lowest BCUT2D eigenvalue weighted by molar-refractivity contribution is 0.0987. The average molecular weight is 571 g/mol. The van der Waals surface area contributed by atoms with Crippen molar-refractivity contribution < 1.29 is 9.59 Å².